The number of amides is 1. The van der Waals surface area contributed by atoms with Crippen molar-refractivity contribution in [1.29, 1.82) is 0 Å². The third-order valence-corrected chi connectivity index (χ3v) is 2.48. The molecule has 0 bridgehead atoms. The molecule has 4 nitrogen and oxygen atoms in total. The summed E-state index contributed by atoms with van der Waals surface area (Å²) in [6.45, 7) is 0.615. The molecule has 1 aliphatic rings. The number of hydrogen-bond acceptors (Lipinski definition) is 3. The first-order chi connectivity index (χ1) is 7.63. The zero-order valence-corrected chi connectivity index (χ0v) is 9.79. The number of rotatable bonds is 3. The van der Waals surface area contributed by atoms with Crippen LogP contribution in [0.1, 0.15) is 0 Å². The number of ether oxygens (including phenoxy) is 2. The Labute approximate surface area is 99.9 Å². The van der Waals surface area contributed by atoms with Crippen LogP contribution in [0.2, 0.25) is 0 Å². The van der Waals surface area contributed by atoms with Gasteiger partial charge in [0.1, 0.15) is 18.2 Å². The molecule has 1 aromatic carbocycles. The second-order valence-corrected chi connectivity index (χ2v) is 4.24. The minimum atomic E-state index is -0.450. The molecule has 16 heavy (non-hydrogen) atoms. The summed E-state index contributed by atoms with van der Waals surface area (Å²) < 4.78 is 23.8. The smallest absolute Gasteiger partial charge is 0.407 e. The van der Waals surface area contributed by atoms with Crippen LogP contribution in [0.3, 0.4) is 0 Å². The normalized spacial score (nSPS) is 19.1. The van der Waals surface area contributed by atoms with Crippen molar-refractivity contribution >= 4 is 22.0 Å². The van der Waals surface area contributed by atoms with Crippen molar-refractivity contribution < 1.29 is 18.7 Å². The predicted molar refractivity (Wildman–Crippen MR) is 57.9 cm³/mol. The summed E-state index contributed by atoms with van der Waals surface area (Å²) >= 11 is 3.16. The highest BCUT2D eigenvalue weighted by molar-refractivity contribution is 9.10. The van der Waals surface area contributed by atoms with Gasteiger partial charge >= 0.3 is 6.09 Å². The van der Waals surface area contributed by atoms with E-state index in [2.05, 4.69) is 21.2 Å². The van der Waals surface area contributed by atoms with Crippen LogP contribution in [0.25, 0.3) is 0 Å². The Bertz CT molecular complexity index is 393. The van der Waals surface area contributed by atoms with Crippen molar-refractivity contribution in [3.63, 3.8) is 0 Å². The molecule has 0 saturated carbocycles. The van der Waals surface area contributed by atoms with E-state index in [4.69, 9.17) is 9.47 Å². The van der Waals surface area contributed by atoms with E-state index in [1.807, 2.05) is 0 Å². The van der Waals surface area contributed by atoms with Crippen molar-refractivity contribution in [3.05, 3.63) is 28.5 Å². The van der Waals surface area contributed by atoms with Crippen LogP contribution in [0.5, 0.6) is 5.75 Å². The number of hydrogen-bond donors (Lipinski definition) is 1. The molecule has 1 N–H and O–H groups in total. The average molecular weight is 290 g/mol. The molecular weight excluding hydrogens is 281 g/mol. The molecule has 0 spiro atoms. The third kappa shape index (κ3) is 2.85. The molecule has 1 amide bonds. The maximum atomic E-state index is 13.0. The van der Waals surface area contributed by atoms with Gasteiger partial charge < -0.3 is 14.8 Å². The third-order valence-electron chi connectivity index (χ3n) is 2.02. The summed E-state index contributed by atoms with van der Waals surface area (Å²) in [7, 11) is 0. The molecule has 1 aliphatic heterocycles. The molecule has 1 fully saturated rings. The quantitative estimate of drug-likeness (QED) is 0.927. The largest absolute Gasteiger partial charge is 0.490 e. The van der Waals surface area contributed by atoms with Crippen LogP contribution in [0, 0.1) is 5.82 Å². The predicted octanol–water partition coefficient (Wildman–Crippen LogP) is 2.08. The van der Waals surface area contributed by atoms with E-state index in [-0.39, 0.29) is 18.5 Å². The van der Waals surface area contributed by atoms with Crippen LogP contribution in [0.15, 0.2) is 22.7 Å². The van der Waals surface area contributed by atoms with Gasteiger partial charge in [-0.25, -0.2) is 9.18 Å². The summed E-state index contributed by atoms with van der Waals surface area (Å²) in [6, 6.07) is 4.26. The molecule has 1 atom stereocenters. The first-order valence-electron chi connectivity index (χ1n) is 4.67. The molecular formula is C10H9BrFNO3. The van der Waals surface area contributed by atoms with E-state index >= 15 is 0 Å². The summed E-state index contributed by atoms with van der Waals surface area (Å²) in [5.41, 5.74) is 0. The molecule has 0 aliphatic carbocycles. The molecule has 0 aromatic heterocycles. The fraction of sp³-hybridized carbons (Fsp3) is 0.300. The second kappa shape index (κ2) is 4.69. The Morgan fingerprint density at radius 2 is 2.38 bits per heavy atom. The Kier molecular flexibility index (Phi) is 3.28. The van der Waals surface area contributed by atoms with Gasteiger partial charge in [0.2, 0.25) is 0 Å². The molecule has 1 heterocycles. The summed E-state index contributed by atoms with van der Waals surface area (Å²) in [6.07, 6.45) is -0.774. The van der Waals surface area contributed by atoms with Gasteiger partial charge in [0.25, 0.3) is 0 Å². The van der Waals surface area contributed by atoms with Gasteiger partial charge in [-0.3, -0.25) is 0 Å². The maximum absolute atomic E-state index is 13.0. The van der Waals surface area contributed by atoms with Gasteiger partial charge in [-0.05, 0) is 12.1 Å². The first kappa shape index (κ1) is 11.2. The highest BCUT2D eigenvalue weighted by Crippen LogP contribution is 2.20. The van der Waals surface area contributed by atoms with Gasteiger partial charge in [-0.1, -0.05) is 15.9 Å². The lowest BCUT2D eigenvalue weighted by Gasteiger charge is -2.10. The van der Waals surface area contributed by atoms with Gasteiger partial charge in [-0.15, -0.1) is 0 Å². The van der Waals surface area contributed by atoms with Gasteiger partial charge in [0, 0.05) is 10.5 Å². The highest BCUT2D eigenvalue weighted by atomic mass is 79.9. The minimum Gasteiger partial charge on any atom is -0.490 e. The number of halogens is 2. The van der Waals surface area contributed by atoms with Crippen molar-refractivity contribution in [3.8, 4) is 5.75 Å². The molecule has 1 unspecified atom stereocenters. The van der Waals surface area contributed by atoms with Crippen LogP contribution in [-0.4, -0.2) is 25.3 Å². The summed E-state index contributed by atoms with van der Waals surface area (Å²) in [4.78, 5) is 10.7. The molecule has 0 radical (unpaired) electrons. The molecule has 1 aromatic rings. The van der Waals surface area contributed by atoms with Crippen LogP contribution in [-0.2, 0) is 4.74 Å². The van der Waals surface area contributed by atoms with Crippen molar-refractivity contribution in [1.82, 2.24) is 5.32 Å². The van der Waals surface area contributed by atoms with Crippen LogP contribution in [0.4, 0.5) is 9.18 Å². The molecule has 86 valence electrons. The highest BCUT2D eigenvalue weighted by Gasteiger charge is 2.22. The topological polar surface area (TPSA) is 47.6 Å². The number of cyclic esters (lactones) is 1. The lowest BCUT2D eigenvalue weighted by atomic mass is 10.3. The zero-order valence-electron chi connectivity index (χ0n) is 8.20. The zero-order chi connectivity index (χ0) is 11.5. The average Bonchev–Trinajstić information content (AvgIpc) is 2.60. The lowest BCUT2D eigenvalue weighted by molar-refractivity contribution is 0.104. The Morgan fingerprint density at radius 1 is 1.56 bits per heavy atom. The Hall–Kier alpha value is -1.30. The summed E-state index contributed by atoms with van der Waals surface area (Å²) in [5.74, 6) is 0.0146. The van der Waals surface area contributed by atoms with Gasteiger partial charge in [0.05, 0.1) is 6.54 Å². The number of carbonyl (C=O) groups excluding carboxylic acids is 1. The van der Waals surface area contributed by atoms with Crippen molar-refractivity contribution in [2.45, 2.75) is 6.10 Å². The number of alkyl carbamates (subject to hydrolysis) is 1. The molecule has 1 saturated heterocycles. The second-order valence-electron chi connectivity index (χ2n) is 3.32. The molecule has 2 rings (SSSR count). The van der Waals surface area contributed by atoms with E-state index < -0.39 is 6.09 Å². The van der Waals surface area contributed by atoms with Gasteiger partial charge in [0.15, 0.2) is 6.10 Å². The standard InChI is InChI=1S/C10H9BrFNO3/c11-6-1-7(12)3-8(2-6)15-5-9-4-13-10(14)16-9/h1-3,9H,4-5H2,(H,13,14). The monoisotopic (exact) mass is 289 g/mol. The number of nitrogens with one attached hydrogen (secondary N) is 1. The number of carbonyl (C=O) groups is 1. The minimum absolute atomic E-state index is 0.203. The Balaban J connectivity index is 1.91. The van der Waals surface area contributed by atoms with E-state index in [0.717, 1.165) is 0 Å². The fourth-order valence-electron chi connectivity index (χ4n) is 1.33. The van der Waals surface area contributed by atoms with E-state index in [1.165, 1.54) is 12.1 Å². The van der Waals surface area contributed by atoms with Crippen molar-refractivity contribution in [2.75, 3.05) is 13.2 Å². The molecule has 6 heteroatoms. The van der Waals surface area contributed by atoms with E-state index in [1.54, 1.807) is 6.07 Å². The van der Waals surface area contributed by atoms with Crippen LogP contribution >= 0.6 is 15.9 Å². The van der Waals surface area contributed by atoms with Gasteiger partial charge in [-0.2, -0.15) is 0 Å². The maximum Gasteiger partial charge on any atom is 0.407 e. The SMILES string of the molecule is O=C1NCC(COc2cc(F)cc(Br)c2)O1. The fourth-order valence-corrected chi connectivity index (χ4v) is 1.77. The van der Waals surface area contributed by atoms with E-state index in [0.29, 0.717) is 16.8 Å². The number of benzene rings is 1. The Morgan fingerprint density at radius 3 is 3.00 bits per heavy atom. The lowest BCUT2D eigenvalue weighted by Crippen LogP contribution is -2.21. The van der Waals surface area contributed by atoms with Crippen LogP contribution < -0.4 is 10.1 Å². The summed E-state index contributed by atoms with van der Waals surface area (Å²) in [5, 5.41) is 2.50. The van der Waals surface area contributed by atoms with E-state index in [9.17, 15) is 9.18 Å². The first-order valence-corrected chi connectivity index (χ1v) is 5.46. The van der Waals surface area contributed by atoms with Crippen molar-refractivity contribution in [2.24, 2.45) is 0 Å².